The van der Waals surface area contributed by atoms with Gasteiger partial charge < -0.3 is 13.9 Å². The number of allylic oxidation sites excluding steroid dienone is 1. The monoisotopic (exact) mass is 364 g/mol. The van der Waals surface area contributed by atoms with Crippen molar-refractivity contribution in [1.29, 1.82) is 0 Å². The summed E-state index contributed by atoms with van der Waals surface area (Å²) in [6, 6.07) is 8.01. The van der Waals surface area contributed by atoms with Crippen molar-refractivity contribution in [2.45, 2.75) is 71.7 Å². The molecule has 0 unspecified atom stereocenters. The highest BCUT2D eigenvalue weighted by atomic mass is 28.4. The van der Waals surface area contributed by atoms with Gasteiger partial charge in [-0.15, -0.1) is 0 Å². The summed E-state index contributed by atoms with van der Waals surface area (Å²) in [5, 5.41) is 0.227. The molecule has 3 nitrogen and oxygen atoms in total. The average molecular weight is 365 g/mol. The molecule has 0 bridgehead atoms. The molecule has 0 atom stereocenters. The summed E-state index contributed by atoms with van der Waals surface area (Å²) in [4.78, 5) is 0. The summed E-state index contributed by atoms with van der Waals surface area (Å²) in [5.74, 6) is 2.01. The van der Waals surface area contributed by atoms with E-state index in [9.17, 15) is 0 Å². The fourth-order valence-corrected chi connectivity index (χ4v) is 3.28. The van der Waals surface area contributed by atoms with Crippen molar-refractivity contribution in [2.24, 2.45) is 0 Å². The maximum Gasteiger partial charge on any atom is 0.250 e. The van der Waals surface area contributed by atoms with Crippen LogP contribution in [0.3, 0.4) is 0 Å². The van der Waals surface area contributed by atoms with E-state index in [1.54, 1.807) is 7.11 Å². The molecule has 0 fully saturated rings. The van der Waals surface area contributed by atoms with Crippen LogP contribution < -0.4 is 4.74 Å². The van der Waals surface area contributed by atoms with Crippen LogP contribution in [-0.4, -0.2) is 22.0 Å². The molecule has 142 valence electrons. The fourth-order valence-electron chi connectivity index (χ4n) is 2.14. The molecule has 25 heavy (non-hydrogen) atoms. The minimum absolute atomic E-state index is 0.227. The van der Waals surface area contributed by atoms with Crippen LogP contribution in [0.25, 0.3) is 0 Å². The second-order valence-corrected chi connectivity index (χ2v) is 12.7. The molecule has 0 aliphatic carbocycles. The summed E-state index contributed by atoms with van der Waals surface area (Å²) in [7, 11) is -0.0782. The quantitative estimate of drug-likeness (QED) is 0.277. The lowest BCUT2D eigenvalue weighted by atomic mass is 10.2. The summed E-state index contributed by atoms with van der Waals surface area (Å²) >= 11 is 0. The first-order valence-corrected chi connectivity index (χ1v) is 12.2. The zero-order chi connectivity index (χ0) is 18.9. The summed E-state index contributed by atoms with van der Waals surface area (Å²) in [6.07, 6.45) is 5.22. The third-order valence-electron chi connectivity index (χ3n) is 4.75. The molecule has 0 aliphatic heterocycles. The molecule has 0 saturated carbocycles. The molecule has 0 aliphatic rings. The maximum absolute atomic E-state index is 6.46. The molecule has 0 aromatic heterocycles. The lowest BCUT2D eigenvalue weighted by Gasteiger charge is -2.37. The molecule has 0 N–H and O–H groups in total. The lowest BCUT2D eigenvalue weighted by Crippen LogP contribution is -2.40. The van der Waals surface area contributed by atoms with Gasteiger partial charge in [-0.1, -0.05) is 39.8 Å². The van der Waals surface area contributed by atoms with Crippen molar-refractivity contribution in [3.05, 3.63) is 41.7 Å². The average Bonchev–Trinajstić information content (AvgIpc) is 2.54. The Kier molecular flexibility index (Phi) is 8.73. The Morgan fingerprint density at radius 3 is 2.28 bits per heavy atom. The number of rotatable bonds is 10. The molecule has 1 aromatic rings. The molecule has 0 heterocycles. The third-order valence-corrected chi connectivity index (χ3v) is 9.14. The molecule has 1 rings (SSSR count). The number of hydrogen-bond acceptors (Lipinski definition) is 3. The van der Waals surface area contributed by atoms with E-state index in [0.717, 1.165) is 36.3 Å². The molecule has 0 amide bonds. The van der Waals surface area contributed by atoms with Gasteiger partial charge >= 0.3 is 0 Å². The van der Waals surface area contributed by atoms with Gasteiger partial charge in [0.1, 0.15) is 5.75 Å². The molecular formula is C21H36O3Si. The molecule has 0 spiro atoms. The highest BCUT2D eigenvalue weighted by molar-refractivity contribution is 6.74. The lowest BCUT2D eigenvalue weighted by molar-refractivity contribution is 0.124. The Balaban J connectivity index is 2.46. The van der Waals surface area contributed by atoms with Gasteiger partial charge in [0.25, 0.3) is 0 Å². The number of hydrogen-bond donors (Lipinski definition) is 0. The Morgan fingerprint density at radius 2 is 1.76 bits per heavy atom. The topological polar surface area (TPSA) is 27.7 Å². The van der Waals surface area contributed by atoms with Crippen molar-refractivity contribution < 1.29 is 13.9 Å². The van der Waals surface area contributed by atoms with Gasteiger partial charge in [-0.25, -0.2) is 0 Å². The van der Waals surface area contributed by atoms with Crippen LogP contribution in [0.1, 0.15) is 52.5 Å². The van der Waals surface area contributed by atoms with Crippen LogP contribution in [0.4, 0.5) is 0 Å². The molecular weight excluding hydrogens is 328 g/mol. The predicted molar refractivity (Wildman–Crippen MR) is 109 cm³/mol. The van der Waals surface area contributed by atoms with Crippen LogP contribution in [0.15, 0.2) is 36.1 Å². The van der Waals surface area contributed by atoms with Gasteiger partial charge in [0.15, 0.2) is 0 Å². The van der Waals surface area contributed by atoms with Crippen LogP contribution in [-0.2, 0) is 15.8 Å². The zero-order valence-corrected chi connectivity index (χ0v) is 18.1. The zero-order valence-electron chi connectivity index (χ0n) is 17.1. The van der Waals surface area contributed by atoms with Gasteiger partial charge in [0, 0.05) is 6.42 Å². The van der Waals surface area contributed by atoms with Gasteiger partial charge in [0.05, 0.1) is 26.1 Å². The minimum Gasteiger partial charge on any atom is -0.547 e. The smallest absolute Gasteiger partial charge is 0.250 e. The molecule has 1 aromatic carbocycles. The Morgan fingerprint density at radius 1 is 1.12 bits per heavy atom. The van der Waals surface area contributed by atoms with Crippen LogP contribution in [0, 0.1) is 0 Å². The van der Waals surface area contributed by atoms with Crippen LogP contribution in [0.5, 0.6) is 5.75 Å². The highest BCUT2D eigenvalue weighted by Crippen LogP contribution is 2.38. The number of methoxy groups -OCH3 is 1. The molecule has 0 radical (unpaired) electrons. The SMILES string of the molecule is CCCC(=CCCOCc1ccc(OC)cc1)O[Si](C)(C)C(C)(C)C. The first-order chi connectivity index (χ1) is 11.7. The predicted octanol–water partition coefficient (Wildman–Crippen LogP) is 6.31. The largest absolute Gasteiger partial charge is 0.547 e. The van der Waals surface area contributed by atoms with E-state index >= 15 is 0 Å². The minimum atomic E-state index is -1.76. The number of ether oxygens (including phenoxy) is 2. The van der Waals surface area contributed by atoms with Crippen molar-refractivity contribution in [3.63, 3.8) is 0 Å². The molecule has 4 heteroatoms. The van der Waals surface area contributed by atoms with E-state index < -0.39 is 8.32 Å². The maximum atomic E-state index is 6.46. The number of benzene rings is 1. The van der Waals surface area contributed by atoms with E-state index in [1.807, 2.05) is 24.3 Å². The van der Waals surface area contributed by atoms with Crippen molar-refractivity contribution in [3.8, 4) is 5.75 Å². The first kappa shape index (κ1) is 21.8. The van der Waals surface area contributed by atoms with Gasteiger partial charge in [-0.05, 0) is 54.7 Å². The fraction of sp³-hybridized carbons (Fsp3) is 0.619. The highest BCUT2D eigenvalue weighted by Gasteiger charge is 2.39. The second-order valence-electron chi connectivity index (χ2n) is 7.97. The van der Waals surface area contributed by atoms with Gasteiger partial charge in [0.2, 0.25) is 8.32 Å². The Hall–Kier alpha value is -1.26. The van der Waals surface area contributed by atoms with E-state index in [4.69, 9.17) is 13.9 Å². The van der Waals surface area contributed by atoms with Crippen molar-refractivity contribution in [2.75, 3.05) is 13.7 Å². The van der Waals surface area contributed by atoms with E-state index in [-0.39, 0.29) is 5.04 Å². The standard InChI is InChI=1S/C21H36O3Si/c1-8-10-20(24-25(6,7)21(2,3)4)11-9-16-23-17-18-12-14-19(22-5)15-13-18/h11-15H,8-10,16-17H2,1-7H3. The van der Waals surface area contributed by atoms with Crippen molar-refractivity contribution >= 4 is 8.32 Å². The van der Waals surface area contributed by atoms with E-state index in [1.165, 1.54) is 0 Å². The Bertz CT molecular complexity index is 527. The van der Waals surface area contributed by atoms with Crippen LogP contribution >= 0.6 is 0 Å². The summed E-state index contributed by atoms with van der Waals surface area (Å²) in [5.41, 5.74) is 1.16. The summed E-state index contributed by atoms with van der Waals surface area (Å²) < 4.78 is 17.4. The van der Waals surface area contributed by atoms with Gasteiger partial charge in [-0.2, -0.15) is 0 Å². The third kappa shape index (κ3) is 7.66. The Labute approximate surface area is 155 Å². The van der Waals surface area contributed by atoms with E-state index in [0.29, 0.717) is 13.2 Å². The van der Waals surface area contributed by atoms with Crippen LogP contribution in [0.2, 0.25) is 18.1 Å². The summed E-state index contributed by atoms with van der Waals surface area (Å²) in [6.45, 7) is 15.0. The second kappa shape index (κ2) is 10.0. The first-order valence-electron chi connectivity index (χ1n) is 9.28. The normalized spacial score (nSPS) is 13.0. The van der Waals surface area contributed by atoms with E-state index in [2.05, 4.69) is 46.9 Å². The van der Waals surface area contributed by atoms with Crippen molar-refractivity contribution in [1.82, 2.24) is 0 Å². The molecule has 0 saturated heterocycles. The van der Waals surface area contributed by atoms with Gasteiger partial charge in [-0.3, -0.25) is 0 Å².